The topological polar surface area (TPSA) is 54.3 Å². The Morgan fingerprint density at radius 3 is 2.84 bits per heavy atom. The maximum Gasteiger partial charge on any atom is 0.267 e. The highest BCUT2D eigenvalue weighted by molar-refractivity contribution is 5.92. The Morgan fingerprint density at radius 2 is 2.21 bits per heavy atom. The minimum Gasteiger partial charge on any atom is -0.393 e. The third kappa shape index (κ3) is 2.68. The molecule has 104 valence electrons. The molecule has 2 atom stereocenters. The Morgan fingerprint density at radius 1 is 1.37 bits per heavy atom. The normalized spacial score (nSPS) is 27.2. The van der Waals surface area contributed by atoms with Crippen molar-refractivity contribution in [3.63, 3.8) is 0 Å². The van der Waals surface area contributed by atoms with Gasteiger partial charge in [0.1, 0.15) is 5.69 Å². The summed E-state index contributed by atoms with van der Waals surface area (Å²) in [7, 11) is 0. The molecule has 4 nitrogen and oxygen atoms in total. The smallest absolute Gasteiger partial charge is 0.267 e. The van der Waals surface area contributed by atoms with Gasteiger partial charge in [-0.3, -0.25) is 4.79 Å². The molecule has 3 rings (SSSR count). The molecule has 4 heteroatoms. The summed E-state index contributed by atoms with van der Waals surface area (Å²) in [6.07, 6.45) is 8.20. The zero-order valence-corrected chi connectivity index (χ0v) is 11.2. The summed E-state index contributed by atoms with van der Waals surface area (Å²) in [5, 5.41) is 12.5. The summed E-state index contributed by atoms with van der Waals surface area (Å²) in [6, 6.07) is 4.37. The molecule has 2 saturated carbocycles. The molecule has 0 bridgehead atoms. The maximum atomic E-state index is 12.2. The first-order valence-electron chi connectivity index (χ1n) is 7.37. The summed E-state index contributed by atoms with van der Waals surface area (Å²) in [4.78, 5) is 12.2. The minimum absolute atomic E-state index is 0.0262. The predicted octanol–water partition coefficient (Wildman–Crippen LogP) is 2.10. The van der Waals surface area contributed by atoms with Gasteiger partial charge in [-0.1, -0.05) is 0 Å². The summed E-state index contributed by atoms with van der Waals surface area (Å²) < 4.78 is 2.11. The molecule has 0 radical (unpaired) electrons. The quantitative estimate of drug-likeness (QED) is 0.873. The molecule has 2 N–H and O–H groups in total. The Bertz CT molecular complexity index is 451. The molecular formula is C15H22N2O2. The predicted molar refractivity (Wildman–Crippen MR) is 73.0 cm³/mol. The first kappa shape index (κ1) is 12.7. The van der Waals surface area contributed by atoms with Crippen molar-refractivity contribution in [3.05, 3.63) is 24.0 Å². The summed E-state index contributed by atoms with van der Waals surface area (Å²) >= 11 is 0. The van der Waals surface area contributed by atoms with E-state index in [1.807, 2.05) is 18.3 Å². The van der Waals surface area contributed by atoms with Gasteiger partial charge in [0.25, 0.3) is 5.91 Å². The molecule has 0 aliphatic heterocycles. The maximum absolute atomic E-state index is 12.2. The van der Waals surface area contributed by atoms with Crippen LogP contribution in [0.5, 0.6) is 0 Å². The van der Waals surface area contributed by atoms with Crippen LogP contribution < -0.4 is 5.32 Å². The number of aromatic nitrogens is 1. The number of aliphatic hydroxyl groups is 1. The van der Waals surface area contributed by atoms with Gasteiger partial charge in [-0.05, 0) is 56.6 Å². The molecule has 1 aromatic rings. The Hall–Kier alpha value is -1.29. The van der Waals surface area contributed by atoms with Gasteiger partial charge >= 0.3 is 0 Å². The molecule has 2 fully saturated rings. The molecular weight excluding hydrogens is 240 g/mol. The molecule has 1 aromatic heterocycles. The lowest BCUT2D eigenvalue weighted by Crippen LogP contribution is -2.31. The van der Waals surface area contributed by atoms with E-state index in [9.17, 15) is 9.90 Å². The van der Waals surface area contributed by atoms with E-state index in [-0.39, 0.29) is 12.0 Å². The number of rotatable bonds is 4. The molecule has 2 aliphatic rings. The van der Waals surface area contributed by atoms with Gasteiger partial charge in [0.2, 0.25) is 0 Å². The lowest BCUT2D eigenvalue weighted by atomic mass is 9.93. The van der Waals surface area contributed by atoms with E-state index in [4.69, 9.17) is 0 Å². The van der Waals surface area contributed by atoms with Crippen molar-refractivity contribution in [1.82, 2.24) is 9.88 Å². The highest BCUT2D eigenvalue weighted by atomic mass is 16.3. The van der Waals surface area contributed by atoms with Crippen molar-refractivity contribution >= 4 is 5.91 Å². The first-order valence-corrected chi connectivity index (χ1v) is 7.37. The number of hydrogen-bond donors (Lipinski definition) is 2. The highest BCUT2D eigenvalue weighted by Crippen LogP contribution is 2.32. The van der Waals surface area contributed by atoms with Crippen LogP contribution in [0.25, 0.3) is 0 Å². The second kappa shape index (κ2) is 5.37. The van der Waals surface area contributed by atoms with Crippen LogP contribution in [-0.4, -0.2) is 28.2 Å². The van der Waals surface area contributed by atoms with Crippen LogP contribution >= 0.6 is 0 Å². The van der Waals surface area contributed by atoms with Crippen LogP contribution in [0.1, 0.15) is 55.1 Å². The molecule has 1 heterocycles. The van der Waals surface area contributed by atoms with Gasteiger partial charge in [-0.2, -0.15) is 0 Å². The van der Waals surface area contributed by atoms with E-state index in [1.165, 1.54) is 19.3 Å². The van der Waals surface area contributed by atoms with Gasteiger partial charge in [0, 0.05) is 18.8 Å². The summed E-state index contributed by atoms with van der Waals surface area (Å²) in [5.41, 5.74) is 0.781. The summed E-state index contributed by atoms with van der Waals surface area (Å²) in [5.74, 6) is 0.462. The lowest BCUT2D eigenvalue weighted by Gasteiger charge is -2.28. The van der Waals surface area contributed by atoms with Crippen molar-refractivity contribution in [3.8, 4) is 0 Å². The first-order chi connectivity index (χ1) is 9.24. The molecule has 0 aromatic carbocycles. The third-order valence-corrected chi connectivity index (χ3v) is 4.54. The minimum atomic E-state index is -0.166. The second-order valence-corrected chi connectivity index (χ2v) is 5.93. The average Bonchev–Trinajstić information content (AvgIpc) is 2.93. The number of carbonyl (C=O) groups is 1. The van der Waals surface area contributed by atoms with E-state index in [2.05, 4.69) is 9.88 Å². The monoisotopic (exact) mass is 262 g/mol. The molecule has 0 saturated heterocycles. The average molecular weight is 262 g/mol. The molecule has 1 amide bonds. The van der Waals surface area contributed by atoms with Crippen LogP contribution in [0, 0.1) is 5.92 Å². The Labute approximate surface area is 113 Å². The number of carbonyl (C=O) groups excluding carboxylic acids is 1. The number of aliphatic hydroxyl groups excluding tert-OH is 1. The van der Waals surface area contributed by atoms with Gasteiger partial charge in [0.05, 0.1) is 6.10 Å². The zero-order chi connectivity index (χ0) is 13.2. The number of nitrogens with zero attached hydrogens (tertiary/aromatic N) is 1. The van der Waals surface area contributed by atoms with Crippen LogP contribution in [0.3, 0.4) is 0 Å². The Balaban J connectivity index is 1.56. The SMILES string of the molecule is O=C(NCC1CCC(O)C1)c1cccn1C1CCC1. The molecule has 2 aliphatic carbocycles. The molecule has 19 heavy (non-hydrogen) atoms. The van der Waals surface area contributed by atoms with Crippen molar-refractivity contribution in [2.45, 2.75) is 50.7 Å². The van der Waals surface area contributed by atoms with E-state index >= 15 is 0 Å². The van der Waals surface area contributed by atoms with Gasteiger partial charge in [-0.15, -0.1) is 0 Å². The number of amides is 1. The zero-order valence-electron chi connectivity index (χ0n) is 11.2. The van der Waals surface area contributed by atoms with E-state index in [0.717, 1.165) is 25.0 Å². The van der Waals surface area contributed by atoms with Gasteiger partial charge in [-0.25, -0.2) is 0 Å². The summed E-state index contributed by atoms with van der Waals surface area (Å²) in [6.45, 7) is 0.686. The van der Waals surface area contributed by atoms with Crippen molar-refractivity contribution in [2.75, 3.05) is 6.54 Å². The largest absolute Gasteiger partial charge is 0.393 e. The molecule has 2 unspecified atom stereocenters. The van der Waals surface area contributed by atoms with Crippen LogP contribution in [0.4, 0.5) is 0 Å². The fourth-order valence-electron chi connectivity index (χ4n) is 3.13. The lowest BCUT2D eigenvalue weighted by molar-refractivity contribution is 0.0930. The van der Waals surface area contributed by atoms with E-state index < -0.39 is 0 Å². The number of nitrogens with one attached hydrogen (secondary N) is 1. The van der Waals surface area contributed by atoms with Crippen molar-refractivity contribution in [1.29, 1.82) is 0 Å². The van der Waals surface area contributed by atoms with E-state index in [0.29, 0.717) is 18.5 Å². The Kier molecular flexibility index (Phi) is 3.60. The third-order valence-electron chi connectivity index (χ3n) is 4.54. The second-order valence-electron chi connectivity index (χ2n) is 5.93. The fourth-order valence-corrected chi connectivity index (χ4v) is 3.13. The number of hydrogen-bond acceptors (Lipinski definition) is 2. The standard InChI is InChI=1S/C15H22N2O2/c18-13-7-6-11(9-13)10-16-15(19)14-5-2-8-17(14)12-3-1-4-12/h2,5,8,11-13,18H,1,3-4,6-7,9-10H2,(H,16,19). The molecule has 0 spiro atoms. The fraction of sp³-hybridized carbons (Fsp3) is 0.667. The highest BCUT2D eigenvalue weighted by Gasteiger charge is 2.25. The van der Waals surface area contributed by atoms with E-state index in [1.54, 1.807) is 0 Å². The van der Waals surface area contributed by atoms with Gasteiger partial charge in [0.15, 0.2) is 0 Å². The van der Waals surface area contributed by atoms with Gasteiger partial charge < -0.3 is 15.0 Å². The van der Waals surface area contributed by atoms with Crippen molar-refractivity contribution < 1.29 is 9.90 Å². The van der Waals surface area contributed by atoms with Crippen LogP contribution in [-0.2, 0) is 0 Å². The van der Waals surface area contributed by atoms with Crippen molar-refractivity contribution in [2.24, 2.45) is 5.92 Å². The van der Waals surface area contributed by atoms with Crippen LogP contribution in [0.2, 0.25) is 0 Å². The van der Waals surface area contributed by atoms with Crippen LogP contribution in [0.15, 0.2) is 18.3 Å².